The predicted molar refractivity (Wildman–Crippen MR) is 277 cm³/mol. The Bertz CT molecular complexity index is 2800. The molecule has 4 aliphatic rings. The van der Waals surface area contributed by atoms with Gasteiger partial charge in [-0.25, -0.2) is 14.6 Å². The molecule has 19 nitrogen and oxygen atoms in total. The van der Waals surface area contributed by atoms with Crippen LogP contribution in [0.5, 0.6) is 0 Å². The highest BCUT2D eigenvalue weighted by molar-refractivity contribution is 6.23. The van der Waals surface area contributed by atoms with Crippen molar-refractivity contribution in [1.82, 2.24) is 40.0 Å². The molecule has 0 unspecified atom stereocenters. The van der Waals surface area contributed by atoms with Crippen molar-refractivity contribution in [2.75, 3.05) is 99.2 Å². The summed E-state index contributed by atoms with van der Waals surface area (Å²) < 4.78 is 27.1. The van der Waals surface area contributed by atoms with Crippen molar-refractivity contribution >= 4 is 69.1 Å². The number of amides is 4. The second kappa shape index (κ2) is 24.2. The van der Waals surface area contributed by atoms with Crippen molar-refractivity contribution in [3.05, 3.63) is 74.9 Å². The Morgan fingerprint density at radius 1 is 0.904 bits per heavy atom. The third-order valence-electron chi connectivity index (χ3n) is 13.8. The van der Waals surface area contributed by atoms with Gasteiger partial charge in [-0.15, -0.1) is 0 Å². The van der Waals surface area contributed by atoms with Crippen LogP contribution in [0.3, 0.4) is 0 Å². The zero-order valence-electron chi connectivity index (χ0n) is 43.8. The molecule has 3 aromatic heterocycles. The molecular formula is C54H72N8O11. The molecule has 1 fully saturated rings. The number of carbonyl (C=O) groups excluding carboxylic acids is 5. The fourth-order valence-corrected chi connectivity index (χ4v) is 9.65. The van der Waals surface area contributed by atoms with Crippen LogP contribution in [0.15, 0.2) is 24.3 Å². The Morgan fingerprint density at radius 3 is 2.30 bits per heavy atom. The molecule has 4 aliphatic heterocycles. The number of hydrogen-bond donors (Lipinski definition) is 4. The number of aryl methyl sites for hydroxylation is 2. The summed E-state index contributed by atoms with van der Waals surface area (Å²) in [5, 5.41) is 11.6. The Morgan fingerprint density at radius 2 is 1.59 bits per heavy atom. The Kier molecular flexibility index (Phi) is 18.1. The van der Waals surface area contributed by atoms with E-state index in [1.165, 1.54) is 11.0 Å². The summed E-state index contributed by atoms with van der Waals surface area (Å²) in [4.78, 5) is 92.0. The molecule has 19 heteroatoms. The number of rotatable bonds is 20. The minimum absolute atomic E-state index is 0.0401. The number of nitrogens with one attached hydrogen (secondary N) is 3. The van der Waals surface area contributed by atoms with Crippen LogP contribution in [0, 0.1) is 13.8 Å². The van der Waals surface area contributed by atoms with Crippen molar-refractivity contribution in [1.29, 1.82) is 0 Å². The van der Waals surface area contributed by atoms with Gasteiger partial charge in [-0.1, -0.05) is 13.8 Å². The summed E-state index contributed by atoms with van der Waals surface area (Å²) in [5.41, 5.74) is 9.28. The summed E-state index contributed by atoms with van der Waals surface area (Å²) in [5.74, 6) is -2.29. The fourth-order valence-electron chi connectivity index (χ4n) is 9.65. The number of carbonyl (C=O) groups is 5. The first-order chi connectivity index (χ1) is 34.9. The number of likely N-dealkylation sites (N-methyl/N-ethyl adjacent to an activating group) is 1. The van der Waals surface area contributed by atoms with Crippen molar-refractivity contribution in [3.63, 3.8) is 0 Å². The number of aliphatic hydroxyl groups excluding tert-OH is 1. The molecular weight excluding hydrogens is 937 g/mol. The fraction of sp³-hybridized carbons (Fsp3) is 0.537. The van der Waals surface area contributed by atoms with Gasteiger partial charge in [0.15, 0.2) is 0 Å². The van der Waals surface area contributed by atoms with Gasteiger partial charge < -0.3 is 49.0 Å². The topological polar surface area (TPSA) is 231 Å². The molecule has 2 atom stereocenters. The number of fused-ring (bicyclic) bond motifs is 8. The molecule has 0 radical (unpaired) electrons. The number of imide groups is 1. The summed E-state index contributed by atoms with van der Waals surface area (Å²) in [6, 6.07) is 5.87. The Balaban J connectivity index is 1.33. The monoisotopic (exact) mass is 1010 g/mol. The lowest BCUT2D eigenvalue weighted by Crippen LogP contribution is -2.47. The second-order valence-corrected chi connectivity index (χ2v) is 19.8. The number of allylic oxidation sites excluding steroid dienone is 2. The van der Waals surface area contributed by atoms with E-state index < -0.39 is 29.5 Å². The number of alkyl carbamates (subject to hydrolysis) is 1. The normalized spacial score (nSPS) is 17.2. The van der Waals surface area contributed by atoms with E-state index >= 15 is 4.79 Å². The summed E-state index contributed by atoms with van der Waals surface area (Å²) in [6.07, 6.45) is 3.64. The average Bonchev–Trinajstić information content (AvgIpc) is 4.03. The smallest absolute Gasteiger partial charge is 0.407 e. The highest BCUT2D eigenvalue weighted by atomic mass is 16.6. The predicted octanol–water partition coefficient (Wildman–Crippen LogP) is 6.43. The third-order valence-corrected chi connectivity index (χ3v) is 13.8. The van der Waals surface area contributed by atoms with E-state index in [1.54, 1.807) is 38.8 Å². The molecule has 4 amide bonds. The quantitative estimate of drug-likeness (QED) is 0.0414. The van der Waals surface area contributed by atoms with E-state index in [4.69, 9.17) is 38.8 Å². The van der Waals surface area contributed by atoms with Gasteiger partial charge >= 0.3 is 12.1 Å². The van der Waals surface area contributed by atoms with Gasteiger partial charge in [0.2, 0.25) is 5.91 Å². The molecule has 0 aliphatic carbocycles. The standard InChI is InChI=1S/C54H72N8O11/c1-10-36-32(2)40-30-44-37(12-14-46(65)72-28-27-71-26-25-70-24-21-63)33(3)39(57-44)29-41-34(4)38(11-13-45(64)60(9)16-15-55-53(68)73-54(6,7)8)49(58-41)48-50-47(35(5)42(59-50)31-43(36)56-40)51(66)62(52(48)67)18-17-61-19-22-69-23-20-61/h12,14,29-31,34,38,57,59,63H,10-11,13,15-28H2,1-9H3,(H,55,68)/b14-12+,39-29?,40-30?,41-29?,42-31?,43-31?,44-30?,49-48?/t34-,38-/m0/s1. The number of hydrogen-bond acceptors (Lipinski definition) is 14. The van der Waals surface area contributed by atoms with Crippen LogP contribution in [0.25, 0.3) is 39.3 Å². The van der Waals surface area contributed by atoms with Crippen LogP contribution in [-0.4, -0.2) is 174 Å². The first-order valence-corrected chi connectivity index (χ1v) is 25.4. The molecule has 0 spiro atoms. The average molecular weight is 1010 g/mol. The minimum Gasteiger partial charge on any atom is -0.460 e. The number of esters is 1. The second-order valence-electron chi connectivity index (χ2n) is 19.8. The van der Waals surface area contributed by atoms with E-state index in [0.29, 0.717) is 104 Å². The molecule has 4 N–H and O–H groups in total. The highest BCUT2D eigenvalue weighted by Gasteiger charge is 2.41. The van der Waals surface area contributed by atoms with Gasteiger partial charge in [-0.3, -0.25) is 29.2 Å². The molecule has 394 valence electrons. The van der Waals surface area contributed by atoms with Crippen LogP contribution in [0.2, 0.25) is 0 Å². The number of nitrogens with zero attached hydrogens (tertiary/aromatic N) is 5. The summed E-state index contributed by atoms with van der Waals surface area (Å²) >= 11 is 0. The molecule has 7 rings (SSSR count). The van der Waals surface area contributed by atoms with Gasteiger partial charge in [-0.2, -0.15) is 0 Å². The lowest BCUT2D eigenvalue weighted by molar-refractivity contribution is -0.139. The number of morpholine rings is 1. The van der Waals surface area contributed by atoms with Crippen LogP contribution < -0.4 is 5.32 Å². The minimum atomic E-state index is -0.664. The van der Waals surface area contributed by atoms with Crippen molar-refractivity contribution in [2.24, 2.45) is 0 Å². The zero-order valence-corrected chi connectivity index (χ0v) is 43.8. The maximum absolute atomic E-state index is 15.2. The molecule has 7 heterocycles. The van der Waals surface area contributed by atoms with Gasteiger partial charge in [0.25, 0.3) is 11.8 Å². The molecule has 0 saturated carbocycles. The number of aromatic amines is 2. The molecule has 0 aromatic carbocycles. The van der Waals surface area contributed by atoms with E-state index in [0.717, 1.165) is 33.5 Å². The van der Waals surface area contributed by atoms with Gasteiger partial charge in [0.05, 0.1) is 80.0 Å². The summed E-state index contributed by atoms with van der Waals surface area (Å²) in [6.45, 7) is 19.9. The number of ether oxygens (including phenoxy) is 5. The first-order valence-electron chi connectivity index (χ1n) is 25.4. The SMILES string of the molecule is CCC1=C(C)c2cc3[nH]c(cc4nc(c5c6[nH]c(cc1n2)c(C)c6C(=O)N(CCN1CCOCC1)C5=O)[C@@H](CCC(=O)N(C)CCNC(=O)OC(C)(C)C)[C@@H]4C)c(C)c3/C=C/C(=O)OCCOCCOCCO. The lowest BCUT2D eigenvalue weighted by atomic mass is 9.84. The molecule has 73 heavy (non-hydrogen) atoms. The van der Waals surface area contributed by atoms with Crippen molar-refractivity contribution in [3.8, 4) is 0 Å². The highest BCUT2D eigenvalue weighted by Crippen LogP contribution is 2.44. The van der Waals surface area contributed by atoms with Crippen molar-refractivity contribution < 1.29 is 52.8 Å². The molecule has 1 saturated heterocycles. The molecule has 3 aromatic rings. The van der Waals surface area contributed by atoms with Crippen LogP contribution in [-0.2, 0) is 33.3 Å². The van der Waals surface area contributed by atoms with E-state index in [1.807, 2.05) is 45.9 Å². The first kappa shape index (κ1) is 54.5. The largest absolute Gasteiger partial charge is 0.460 e. The van der Waals surface area contributed by atoms with Crippen molar-refractivity contribution in [2.45, 2.75) is 92.1 Å². The number of aliphatic hydroxyl groups is 1. The van der Waals surface area contributed by atoms with Crippen LogP contribution >= 0.6 is 0 Å². The van der Waals surface area contributed by atoms with Crippen LogP contribution in [0.1, 0.15) is 133 Å². The van der Waals surface area contributed by atoms with Gasteiger partial charge in [0, 0.05) is 98.5 Å². The molecule has 8 bridgehead atoms. The number of H-pyrrole nitrogens is 2. The summed E-state index contributed by atoms with van der Waals surface area (Å²) in [7, 11) is 1.69. The Labute approximate surface area is 426 Å². The van der Waals surface area contributed by atoms with Gasteiger partial charge in [-0.05, 0) is 101 Å². The number of aromatic nitrogens is 4. The lowest BCUT2D eigenvalue weighted by Gasteiger charge is -2.31. The zero-order chi connectivity index (χ0) is 52.6. The third kappa shape index (κ3) is 12.9. The van der Waals surface area contributed by atoms with E-state index in [9.17, 15) is 19.2 Å². The van der Waals surface area contributed by atoms with E-state index in [-0.39, 0.29) is 75.8 Å². The van der Waals surface area contributed by atoms with E-state index in [2.05, 4.69) is 27.1 Å². The Hall–Kier alpha value is -6.25. The van der Waals surface area contributed by atoms with Crippen LogP contribution in [0.4, 0.5) is 4.79 Å². The van der Waals surface area contributed by atoms with Gasteiger partial charge in [0.1, 0.15) is 12.2 Å². The maximum Gasteiger partial charge on any atom is 0.407 e. The maximum atomic E-state index is 15.2.